The highest BCUT2D eigenvalue weighted by Crippen LogP contribution is 2.34. The lowest BCUT2D eigenvalue weighted by Gasteiger charge is -2.29. The van der Waals surface area contributed by atoms with Crippen molar-refractivity contribution in [3.05, 3.63) is 17.8 Å². The first-order valence-electron chi connectivity index (χ1n) is 9.23. The predicted octanol–water partition coefficient (Wildman–Crippen LogP) is 2.48. The normalized spacial score (nSPS) is 20.6. The van der Waals surface area contributed by atoms with E-state index in [0.29, 0.717) is 13.0 Å². The Morgan fingerprint density at radius 3 is 2.85 bits per heavy atom. The molecule has 3 heterocycles. The third-order valence-electron chi connectivity index (χ3n) is 4.76. The van der Waals surface area contributed by atoms with Crippen LogP contribution in [0.15, 0.2) is 12.3 Å². The van der Waals surface area contributed by atoms with Gasteiger partial charge in [0.25, 0.3) is 0 Å². The summed E-state index contributed by atoms with van der Waals surface area (Å²) >= 11 is 0. The van der Waals surface area contributed by atoms with E-state index >= 15 is 0 Å². The predicted molar refractivity (Wildman–Crippen MR) is 101 cm³/mol. The Morgan fingerprint density at radius 1 is 1.35 bits per heavy atom. The molecule has 0 saturated carbocycles. The summed E-state index contributed by atoms with van der Waals surface area (Å²) in [6, 6.07) is 1.99. The Morgan fingerprint density at radius 2 is 2.12 bits per heavy atom. The largest absolute Gasteiger partial charge is 0.444 e. The molecule has 1 saturated heterocycles. The zero-order valence-corrected chi connectivity index (χ0v) is 16.0. The average Bonchev–Trinajstić information content (AvgIpc) is 2.72. The van der Waals surface area contributed by atoms with Crippen LogP contribution >= 0.6 is 0 Å². The Balaban J connectivity index is 1.75. The van der Waals surface area contributed by atoms with Crippen LogP contribution in [0.25, 0.3) is 0 Å². The molecule has 7 heteroatoms. The maximum atomic E-state index is 12.1. The second-order valence-electron chi connectivity index (χ2n) is 8.05. The summed E-state index contributed by atoms with van der Waals surface area (Å²) in [4.78, 5) is 32.5. The van der Waals surface area contributed by atoms with Gasteiger partial charge in [-0.2, -0.15) is 0 Å². The van der Waals surface area contributed by atoms with Crippen molar-refractivity contribution in [2.24, 2.45) is 0 Å². The minimum atomic E-state index is -0.509. The molecule has 2 aliphatic heterocycles. The number of nitrogens with zero attached hydrogens (tertiary/aromatic N) is 3. The molecule has 0 aliphatic carbocycles. The highest BCUT2D eigenvalue weighted by atomic mass is 16.6. The Labute approximate surface area is 154 Å². The van der Waals surface area contributed by atoms with E-state index in [1.165, 1.54) is 0 Å². The van der Waals surface area contributed by atoms with Crippen LogP contribution in [-0.2, 0) is 16.0 Å². The SMILES string of the molecule is CN1C(=O)Cc2c(N3CCCCC(NC(=O)OC(C)(C)C)C3)ccnc21. The summed E-state index contributed by atoms with van der Waals surface area (Å²) in [7, 11) is 1.76. The molecule has 3 rings (SSSR count). The van der Waals surface area contributed by atoms with E-state index in [2.05, 4.69) is 15.2 Å². The highest BCUT2D eigenvalue weighted by molar-refractivity contribution is 6.01. The van der Waals surface area contributed by atoms with Gasteiger partial charge >= 0.3 is 6.09 Å². The first kappa shape index (κ1) is 18.5. The average molecular weight is 360 g/mol. The number of pyridine rings is 1. The van der Waals surface area contributed by atoms with Gasteiger partial charge in [-0.05, 0) is 46.1 Å². The van der Waals surface area contributed by atoms with Crippen molar-refractivity contribution in [2.45, 2.75) is 58.1 Å². The molecular formula is C19H28N4O3. The smallest absolute Gasteiger partial charge is 0.407 e. The van der Waals surface area contributed by atoms with E-state index in [9.17, 15) is 9.59 Å². The monoisotopic (exact) mass is 360 g/mol. The van der Waals surface area contributed by atoms with Crippen LogP contribution in [0.4, 0.5) is 16.3 Å². The zero-order chi connectivity index (χ0) is 18.9. The van der Waals surface area contributed by atoms with Crippen LogP contribution in [0.2, 0.25) is 0 Å². The van der Waals surface area contributed by atoms with Crippen molar-refractivity contribution in [3.8, 4) is 0 Å². The first-order chi connectivity index (χ1) is 12.2. The molecule has 1 unspecified atom stereocenters. The molecule has 1 aromatic heterocycles. The molecule has 0 radical (unpaired) electrons. The number of likely N-dealkylation sites (N-methyl/N-ethyl adjacent to an activating group) is 1. The first-order valence-corrected chi connectivity index (χ1v) is 9.23. The fourth-order valence-electron chi connectivity index (χ4n) is 3.57. The minimum absolute atomic E-state index is 0.0194. The van der Waals surface area contributed by atoms with Crippen molar-refractivity contribution in [2.75, 3.05) is 29.9 Å². The van der Waals surface area contributed by atoms with Crippen LogP contribution in [0.5, 0.6) is 0 Å². The molecule has 7 nitrogen and oxygen atoms in total. The summed E-state index contributed by atoms with van der Waals surface area (Å²) in [6.07, 6.45) is 4.78. The summed E-state index contributed by atoms with van der Waals surface area (Å²) in [6.45, 7) is 7.19. The number of carbonyl (C=O) groups excluding carboxylic acids is 2. The van der Waals surface area contributed by atoms with E-state index in [4.69, 9.17) is 4.74 Å². The van der Waals surface area contributed by atoms with Gasteiger partial charge in [0, 0.05) is 43.6 Å². The maximum Gasteiger partial charge on any atom is 0.407 e. The van der Waals surface area contributed by atoms with Gasteiger partial charge in [0.2, 0.25) is 5.91 Å². The van der Waals surface area contributed by atoms with E-state index in [-0.39, 0.29) is 18.0 Å². The molecule has 2 amide bonds. The van der Waals surface area contributed by atoms with Crippen molar-refractivity contribution in [1.82, 2.24) is 10.3 Å². The second kappa shape index (κ2) is 7.13. The third-order valence-corrected chi connectivity index (χ3v) is 4.76. The van der Waals surface area contributed by atoms with Gasteiger partial charge in [0.15, 0.2) is 0 Å². The van der Waals surface area contributed by atoms with Crippen molar-refractivity contribution in [1.29, 1.82) is 0 Å². The summed E-state index contributed by atoms with van der Waals surface area (Å²) < 4.78 is 5.39. The third kappa shape index (κ3) is 4.08. The number of ether oxygens (including phenoxy) is 1. The molecule has 142 valence electrons. The lowest BCUT2D eigenvalue weighted by molar-refractivity contribution is -0.117. The summed E-state index contributed by atoms with van der Waals surface area (Å²) in [5.41, 5.74) is 1.52. The number of aromatic nitrogens is 1. The van der Waals surface area contributed by atoms with Gasteiger partial charge in [-0.1, -0.05) is 0 Å². The number of amides is 2. The number of hydrogen-bond donors (Lipinski definition) is 1. The van der Waals surface area contributed by atoms with Crippen molar-refractivity contribution in [3.63, 3.8) is 0 Å². The van der Waals surface area contributed by atoms with Gasteiger partial charge < -0.3 is 15.0 Å². The molecule has 26 heavy (non-hydrogen) atoms. The van der Waals surface area contributed by atoms with Crippen LogP contribution in [0.1, 0.15) is 45.6 Å². The quantitative estimate of drug-likeness (QED) is 0.877. The van der Waals surface area contributed by atoms with Crippen molar-refractivity contribution < 1.29 is 14.3 Å². The van der Waals surface area contributed by atoms with Crippen LogP contribution in [0, 0.1) is 0 Å². The van der Waals surface area contributed by atoms with Gasteiger partial charge in [-0.15, -0.1) is 0 Å². The number of rotatable bonds is 2. The van der Waals surface area contributed by atoms with Crippen LogP contribution in [0.3, 0.4) is 0 Å². The fourth-order valence-corrected chi connectivity index (χ4v) is 3.57. The molecule has 0 aromatic carbocycles. The van der Waals surface area contributed by atoms with E-state index in [0.717, 1.165) is 42.9 Å². The number of nitrogens with one attached hydrogen (secondary N) is 1. The molecule has 2 aliphatic rings. The molecule has 1 N–H and O–H groups in total. The van der Waals surface area contributed by atoms with E-state index in [1.807, 2.05) is 26.8 Å². The summed E-state index contributed by atoms with van der Waals surface area (Å²) in [5.74, 6) is 0.812. The van der Waals surface area contributed by atoms with Gasteiger partial charge in [-0.3, -0.25) is 9.69 Å². The van der Waals surface area contributed by atoms with E-state index in [1.54, 1.807) is 18.1 Å². The van der Waals surface area contributed by atoms with E-state index < -0.39 is 5.60 Å². The van der Waals surface area contributed by atoms with Crippen LogP contribution < -0.4 is 15.1 Å². The molecule has 1 fully saturated rings. The van der Waals surface area contributed by atoms with Gasteiger partial charge in [0.05, 0.1) is 6.42 Å². The molecule has 0 bridgehead atoms. The number of carbonyl (C=O) groups is 2. The topological polar surface area (TPSA) is 74.8 Å². The molecule has 1 atom stereocenters. The number of hydrogen-bond acceptors (Lipinski definition) is 5. The molecule has 1 aromatic rings. The van der Waals surface area contributed by atoms with Crippen LogP contribution in [-0.4, -0.2) is 48.8 Å². The highest BCUT2D eigenvalue weighted by Gasteiger charge is 2.31. The summed E-state index contributed by atoms with van der Waals surface area (Å²) in [5, 5.41) is 3.00. The Hall–Kier alpha value is -2.31. The number of anilines is 2. The second-order valence-corrected chi connectivity index (χ2v) is 8.05. The lowest BCUT2D eigenvalue weighted by atomic mass is 10.1. The molecule has 0 spiro atoms. The lowest BCUT2D eigenvalue weighted by Crippen LogP contribution is -2.44. The van der Waals surface area contributed by atoms with Gasteiger partial charge in [-0.25, -0.2) is 9.78 Å². The minimum Gasteiger partial charge on any atom is -0.444 e. The Kier molecular flexibility index (Phi) is 5.07. The number of alkyl carbamates (subject to hydrolysis) is 1. The maximum absolute atomic E-state index is 12.1. The van der Waals surface area contributed by atoms with Crippen molar-refractivity contribution >= 4 is 23.5 Å². The Bertz CT molecular complexity index is 699. The molecular weight excluding hydrogens is 332 g/mol. The zero-order valence-electron chi connectivity index (χ0n) is 16.0. The fraction of sp³-hybridized carbons (Fsp3) is 0.632. The standard InChI is InChI=1S/C19H28N4O3/c1-19(2,3)26-18(25)21-13-7-5-6-10-23(12-13)15-8-9-20-17-14(15)11-16(24)22(17)4/h8-9,13H,5-7,10-12H2,1-4H3,(H,21,25). The van der Waals surface area contributed by atoms with Gasteiger partial charge in [0.1, 0.15) is 11.4 Å². The number of fused-ring (bicyclic) bond motifs is 1.